The van der Waals surface area contributed by atoms with E-state index in [0.29, 0.717) is 22.5 Å². The molecule has 1 amide bonds. The first kappa shape index (κ1) is 15.8. The Morgan fingerprint density at radius 2 is 1.92 bits per heavy atom. The minimum absolute atomic E-state index is 0.282. The summed E-state index contributed by atoms with van der Waals surface area (Å²) in [5, 5.41) is 2.67. The van der Waals surface area contributed by atoms with Gasteiger partial charge in [0.25, 0.3) is 5.91 Å². The van der Waals surface area contributed by atoms with E-state index >= 15 is 0 Å². The monoisotopic (exact) mass is 347 g/mol. The maximum absolute atomic E-state index is 12.3. The lowest BCUT2D eigenvalue weighted by Gasteiger charge is -2.08. The van der Waals surface area contributed by atoms with Crippen LogP contribution in [0, 0.1) is 0 Å². The second kappa shape index (κ2) is 5.85. The number of benzene rings is 2. The third kappa shape index (κ3) is 3.63. The number of carbonyl (C=O) groups is 1. The lowest BCUT2D eigenvalue weighted by molar-refractivity contribution is 0.102. The Kier molecular flexibility index (Phi) is 3.86. The highest BCUT2D eigenvalue weighted by Gasteiger charge is 2.10. The molecule has 0 saturated carbocycles. The molecule has 9 heteroatoms. The average Bonchev–Trinajstić information content (AvgIpc) is 2.85. The summed E-state index contributed by atoms with van der Waals surface area (Å²) in [4.78, 5) is 25.9. The standard InChI is InChI=1S/C15H13N3O5S/c1-24(21,22)18-11-4-2-3-9(7-11)14(19)16-10-5-6-13-12(8-10)17-15(20)23-13/h2-8,18H,1H3,(H,16,19)(H,17,20). The Bertz CT molecular complexity index is 1080. The number of oxazole rings is 1. The van der Waals surface area contributed by atoms with E-state index in [4.69, 9.17) is 4.42 Å². The number of hydrogen-bond donors (Lipinski definition) is 3. The highest BCUT2D eigenvalue weighted by atomic mass is 32.2. The number of nitrogens with one attached hydrogen (secondary N) is 3. The summed E-state index contributed by atoms with van der Waals surface area (Å²) in [5.41, 5.74) is 1.89. The van der Waals surface area contributed by atoms with Gasteiger partial charge in [0.05, 0.1) is 11.8 Å². The molecule has 3 rings (SSSR count). The maximum Gasteiger partial charge on any atom is 0.417 e. The largest absolute Gasteiger partial charge is 0.417 e. The van der Waals surface area contributed by atoms with Crippen molar-refractivity contribution in [1.29, 1.82) is 0 Å². The van der Waals surface area contributed by atoms with Crippen LogP contribution in [0.4, 0.5) is 11.4 Å². The molecule has 2 aromatic carbocycles. The van der Waals surface area contributed by atoms with E-state index in [9.17, 15) is 18.0 Å². The minimum Gasteiger partial charge on any atom is -0.408 e. The fourth-order valence-corrected chi connectivity index (χ4v) is 2.73. The molecule has 0 aliphatic carbocycles. The summed E-state index contributed by atoms with van der Waals surface area (Å²) in [5.74, 6) is -0.995. The molecule has 0 bridgehead atoms. The number of fused-ring (bicyclic) bond motifs is 1. The Morgan fingerprint density at radius 1 is 1.12 bits per heavy atom. The molecule has 124 valence electrons. The Hall–Kier alpha value is -3.07. The predicted octanol–water partition coefficient (Wildman–Crippen LogP) is 1.74. The number of carbonyl (C=O) groups excluding carboxylic acids is 1. The number of aromatic nitrogens is 1. The molecule has 0 saturated heterocycles. The van der Waals surface area contributed by atoms with Crippen LogP contribution >= 0.6 is 0 Å². The maximum atomic E-state index is 12.3. The quantitative estimate of drug-likeness (QED) is 0.664. The van der Waals surface area contributed by atoms with Crippen molar-refractivity contribution in [2.24, 2.45) is 0 Å². The first-order valence-electron chi connectivity index (χ1n) is 6.82. The van der Waals surface area contributed by atoms with Crippen molar-refractivity contribution >= 4 is 38.4 Å². The number of rotatable bonds is 4. The van der Waals surface area contributed by atoms with E-state index in [2.05, 4.69) is 15.0 Å². The third-order valence-corrected chi connectivity index (χ3v) is 3.71. The minimum atomic E-state index is -3.43. The van der Waals surface area contributed by atoms with Gasteiger partial charge in [0.15, 0.2) is 5.58 Å². The van der Waals surface area contributed by atoms with Gasteiger partial charge in [-0.2, -0.15) is 0 Å². The van der Waals surface area contributed by atoms with Crippen LogP contribution in [-0.4, -0.2) is 25.6 Å². The van der Waals surface area contributed by atoms with E-state index in [0.717, 1.165) is 6.26 Å². The molecule has 0 aliphatic heterocycles. The Morgan fingerprint density at radius 3 is 2.67 bits per heavy atom. The molecule has 24 heavy (non-hydrogen) atoms. The number of aromatic amines is 1. The molecule has 3 aromatic rings. The molecule has 0 atom stereocenters. The van der Waals surface area contributed by atoms with Crippen LogP contribution in [0.15, 0.2) is 51.7 Å². The first-order valence-corrected chi connectivity index (χ1v) is 8.71. The van der Waals surface area contributed by atoms with Gasteiger partial charge in [-0.3, -0.25) is 14.5 Å². The molecule has 1 heterocycles. The third-order valence-electron chi connectivity index (χ3n) is 3.10. The van der Waals surface area contributed by atoms with Gasteiger partial charge in [-0.05, 0) is 36.4 Å². The predicted molar refractivity (Wildman–Crippen MR) is 89.7 cm³/mol. The SMILES string of the molecule is CS(=O)(=O)Nc1cccc(C(=O)Nc2ccc3oc(=O)[nH]c3c2)c1. The number of hydrogen-bond acceptors (Lipinski definition) is 5. The molecular weight excluding hydrogens is 334 g/mol. The number of H-pyrrole nitrogens is 1. The van der Waals surface area contributed by atoms with Crippen LogP contribution in [0.3, 0.4) is 0 Å². The summed E-state index contributed by atoms with van der Waals surface area (Å²) in [7, 11) is -3.43. The van der Waals surface area contributed by atoms with E-state index < -0.39 is 21.7 Å². The van der Waals surface area contributed by atoms with Gasteiger partial charge in [0, 0.05) is 16.9 Å². The van der Waals surface area contributed by atoms with Crippen molar-refractivity contribution < 1.29 is 17.6 Å². The van der Waals surface area contributed by atoms with Crippen LogP contribution in [0.25, 0.3) is 11.1 Å². The van der Waals surface area contributed by atoms with Crippen molar-refractivity contribution in [3.05, 3.63) is 58.6 Å². The highest BCUT2D eigenvalue weighted by molar-refractivity contribution is 7.92. The molecule has 0 spiro atoms. The summed E-state index contributed by atoms with van der Waals surface area (Å²) in [6.07, 6.45) is 1.03. The number of amides is 1. The van der Waals surface area contributed by atoms with Crippen LogP contribution in [-0.2, 0) is 10.0 Å². The second-order valence-corrected chi connectivity index (χ2v) is 6.88. The number of anilines is 2. The van der Waals surface area contributed by atoms with Crippen LogP contribution in [0.5, 0.6) is 0 Å². The Labute approximate surface area is 136 Å². The van der Waals surface area contributed by atoms with E-state index in [1.165, 1.54) is 6.07 Å². The summed E-state index contributed by atoms with van der Waals surface area (Å²) in [6.45, 7) is 0. The molecule has 0 unspecified atom stereocenters. The van der Waals surface area contributed by atoms with E-state index in [1.54, 1.807) is 36.4 Å². The van der Waals surface area contributed by atoms with Gasteiger partial charge < -0.3 is 9.73 Å². The summed E-state index contributed by atoms with van der Waals surface area (Å²) < 4.78 is 29.7. The van der Waals surface area contributed by atoms with Crippen molar-refractivity contribution in [3.8, 4) is 0 Å². The van der Waals surface area contributed by atoms with Gasteiger partial charge >= 0.3 is 5.76 Å². The van der Waals surface area contributed by atoms with Crippen molar-refractivity contribution in [3.63, 3.8) is 0 Å². The van der Waals surface area contributed by atoms with Crippen molar-refractivity contribution in [2.45, 2.75) is 0 Å². The van der Waals surface area contributed by atoms with Gasteiger partial charge in [0.1, 0.15) is 0 Å². The fourth-order valence-electron chi connectivity index (χ4n) is 2.17. The number of sulfonamides is 1. The smallest absolute Gasteiger partial charge is 0.408 e. The van der Waals surface area contributed by atoms with Gasteiger partial charge in [-0.25, -0.2) is 13.2 Å². The van der Waals surface area contributed by atoms with Crippen LogP contribution in [0.2, 0.25) is 0 Å². The second-order valence-electron chi connectivity index (χ2n) is 5.13. The van der Waals surface area contributed by atoms with Crippen molar-refractivity contribution in [2.75, 3.05) is 16.3 Å². The van der Waals surface area contributed by atoms with Gasteiger partial charge in [-0.15, -0.1) is 0 Å². The molecule has 0 radical (unpaired) electrons. The highest BCUT2D eigenvalue weighted by Crippen LogP contribution is 2.18. The average molecular weight is 347 g/mol. The summed E-state index contributed by atoms with van der Waals surface area (Å²) in [6, 6.07) is 10.8. The molecular formula is C15H13N3O5S. The zero-order valence-electron chi connectivity index (χ0n) is 12.5. The zero-order valence-corrected chi connectivity index (χ0v) is 13.3. The lowest BCUT2D eigenvalue weighted by atomic mass is 10.2. The molecule has 1 aromatic heterocycles. The topological polar surface area (TPSA) is 121 Å². The van der Waals surface area contributed by atoms with Gasteiger partial charge in [-0.1, -0.05) is 6.07 Å². The van der Waals surface area contributed by atoms with Crippen LogP contribution in [0.1, 0.15) is 10.4 Å². The lowest BCUT2D eigenvalue weighted by Crippen LogP contribution is -2.13. The van der Waals surface area contributed by atoms with Crippen LogP contribution < -0.4 is 15.8 Å². The molecule has 8 nitrogen and oxygen atoms in total. The van der Waals surface area contributed by atoms with E-state index in [-0.39, 0.29) is 5.56 Å². The fraction of sp³-hybridized carbons (Fsp3) is 0.0667. The zero-order chi connectivity index (χ0) is 17.3. The van der Waals surface area contributed by atoms with Crippen molar-refractivity contribution in [1.82, 2.24) is 4.98 Å². The first-order chi connectivity index (χ1) is 11.3. The molecule has 3 N–H and O–H groups in total. The Balaban J connectivity index is 1.83. The van der Waals surface area contributed by atoms with Gasteiger partial charge in [0.2, 0.25) is 10.0 Å². The molecule has 0 aliphatic rings. The molecule has 0 fully saturated rings. The van der Waals surface area contributed by atoms with E-state index in [1.807, 2.05) is 0 Å². The summed E-state index contributed by atoms with van der Waals surface area (Å²) >= 11 is 0. The normalized spacial score (nSPS) is 11.4.